The van der Waals surface area contributed by atoms with Gasteiger partial charge in [0.25, 0.3) is 0 Å². The first-order valence-corrected chi connectivity index (χ1v) is 7.45. The molecule has 0 aliphatic heterocycles. The van der Waals surface area contributed by atoms with Gasteiger partial charge in [0.05, 0.1) is 24.1 Å². The van der Waals surface area contributed by atoms with Crippen LogP contribution in [0.1, 0.15) is 22.8 Å². The normalized spacial score (nSPS) is 10.6. The first-order valence-electron chi connectivity index (χ1n) is 6.65. The number of para-hydroxylation sites is 1. The van der Waals surface area contributed by atoms with E-state index in [1.54, 1.807) is 24.4 Å². The smallest absolute Gasteiger partial charge is 0.337 e. The van der Waals surface area contributed by atoms with Gasteiger partial charge in [-0.2, -0.15) is 5.10 Å². The SMILES string of the molecule is CCOc1ccc(Br)cc1C=NNc1ccccc1C(=O)O. The molecule has 0 unspecified atom stereocenters. The van der Waals surface area contributed by atoms with Crippen molar-refractivity contribution in [1.29, 1.82) is 0 Å². The Hall–Kier alpha value is -2.34. The Bertz CT molecular complexity index is 702. The number of anilines is 1. The fraction of sp³-hybridized carbons (Fsp3) is 0.125. The standard InChI is InChI=1S/C16H15BrN2O3/c1-2-22-15-8-7-12(17)9-11(15)10-18-19-14-6-4-3-5-13(14)16(20)21/h3-10,19H,2H2,1H3,(H,20,21). The van der Waals surface area contributed by atoms with E-state index >= 15 is 0 Å². The molecule has 2 N–H and O–H groups in total. The van der Waals surface area contributed by atoms with E-state index in [1.807, 2.05) is 25.1 Å². The molecule has 0 heterocycles. The lowest BCUT2D eigenvalue weighted by Gasteiger charge is -2.08. The molecule has 0 aliphatic rings. The zero-order chi connectivity index (χ0) is 15.9. The maximum absolute atomic E-state index is 11.1. The maximum Gasteiger partial charge on any atom is 0.337 e. The van der Waals surface area contributed by atoms with Gasteiger partial charge in [-0.25, -0.2) is 4.79 Å². The fourth-order valence-corrected chi connectivity index (χ4v) is 2.22. The summed E-state index contributed by atoms with van der Waals surface area (Å²) in [6.07, 6.45) is 1.59. The van der Waals surface area contributed by atoms with Crippen LogP contribution >= 0.6 is 15.9 Å². The van der Waals surface area contributed by atoms with Gasteiger partial charge in [-0.3, -0.25) is 5.43 Å². The first kappa shape index (κ1) is 16.0. The van der Waals surface area contributed by atoms with E-state index in [-0.39, 0.29) is 5.56 Å². The van der Waals surface area contributed by atoms with Crippen LogP contribution in [0, 0.1) is 0 Å². The lowest BCUT2D eigenvalue weighted by Crippen LogP contribution is -2.02. The molecule has 0 spiro atoms. The maximum atomic E-state index is 11.1. The third-order valence-corrected chi connectivity index (χ3v) is 3.31. The molecule has 0 saturated heterocycles. The van der Waals surface area contributed by atoms with Crippen LogP contribution in [0.4, 0.5) is 5.69 Å². The second kappa shape index (κ2) is 7.61. The molecule has 0 aromatic heterocycles. The lowest BCUT2D eigenvalue weighted by molar-refractivity contribution is 0.0698. The minimum Gasteiger partial charge on any atom is -0.493 e. The van der Waals surface area contributed by atoms with Crippen molar-refractivity contribution in [2.45, 2.75) is 6.92 Å². The van der Waals surface area contributed by atoms with Crippen LogP contribution < -0.4 is 10.2 Å². The predicted molar refractivity (Wildman–Crippen MR) is 89.9 cm³/mol. The highest BCUT2D eigenvalue weighted by molar-refractivity contribution is 9.10. The molecule has 2 aromatic rings. The van der Waals surface area contributed by atoms with Gasteiger partial charge in [-0.05, 0) is 37.3 Å². The number of carboxylic acid groups (broad SMARTS) is 1. The zero-order valence-corrected chi connectivity index (χ0v) is 13.5. The highest BCUT2D eigenvalue weighted by Gasteiger charge is 2.08. The summed E-state index contributed by atoms with van der Waals surface area (Å²) in [5.41, 5.74) is 4.13. The summed E-state index contributed by atoms with van der Waals surface area (Å²) < 4.78 is 6.43. The summed E-state index contributed by atoms with van der Waals surface area (Å²) in [6.45, 7) is 2.46. The summed E-state index contributed by atoms with van der Waals surface area (Å²) in [5.74, 6) is -0.293. The molecule has 0 radical (unpaired) electrons. The van der Waals surface area contributed by atoms with Crippen LogP contribution in [-0.4, -0.2) is 23.9 Å². The van der Waals surface area contributed by atoms with Gasteiger partial charge in [0, 0.05) is 10.0 Å². The van der Waals surface area contributed by atoms with E-state index in [0.29, 0.717) is 18.0 Å². The van der Waals surface area contributed by atoms with Crippen molar-refractivity contribution in [2.24, 2.45) is 5.10 Å². The summed E-state index contributed by atoms with van der Waals surface area (Å²) >= 11 is 3.40. The monoisotopic (exact) mass is 362 g/mol. The van der Waals surface area contributed by atoms with Crippen LogP contribution in [-0.2, 0) is 0 Å². The predicted octanol–water partition coefficient (Wildman–Crippen LogP) is 3.99. The molecule has 22 heavy (non-hydrogen) atoms. The van der Waals surface area contributed by atoms with Gasteiger partial charge >= 0.3 is 5.97 Å². The van der Waals surface area contributed by atoms with Gasteiger partial charge in [0.2, 0.25) is 0 Å². The van der Waals surface area contributed by atoms with Crippen molar-refractivity contribution in [1.82, 2.24) is 0 Å². The van der Waals surface area contributed by atoms with Crippen molar-refractivity contribution in [3.63, 3.8) is 0 Å². The number of carboxylic acids is 1. The Kier molecular flexibility index (Phi) is 5.55. The zero-order valence-electron chi connectivity index (χ0n) is 11.9. The molecule has 0 saturated carbocycles. The lowest BCUT2D eigenvalue weighted by atomic mass is 10.2. The summed E-state index contributed by atoms with van der Waals surface area (Å²) in [4.78, 5) is 11.1. The minimum absolute atomic E-state index is 0.166. The van der Waals surface area contributed by atoms with Gasteiger partial charge in [0.1, 0.15) is 5.75 Å². The number of hydrazone groups is 1. The van der Waals surface area contributed by atoms with E-state index in [2.05, 4.69) is 26.5 Å². The van der Waals surface area contributed by atoms with E-state index in [4.69, 9.17) is 9.84 Å². The van der Waals surface area contributed by atoms with Crippen molar-refractivity contribution in [2.75, 3.05) is 12.0 Å². The Balaban J connectivity index is 2.20. The van der Waals surface area contributed by atoms with Crippen LogP contribution in [0.5, 0.6) is 5.75 Å². The van der Waals surface area contributed by atoms with Gasteiger partial charge in [0.15, 0.2) is 0 Å². The number of ether oxygens (including phenoxy) is 1. The van der Waals surface area contributed by atoms with E-state index < -0.39 is 5.97 Å². The molecule has 0 aliphatic carbocycles. The van der Waals surface area contributed by atoms with Crippen LogP contribution in [0.2, 0.25) is 0 Å². The molecule has 0 bridgehead atoms. The Morgan fingerprint density at radius 3 is 2.86 bits per heavy atom. The number of halogens is 1. The average molecular weight is 363 g/mol. The Morgan fingerprint density at radius 1 is 1.36 bits per heavy atom. The Morgan fingerprint density at radius 2 is 2.14 bits per heavy atom. The number of rotatable bonds is 6. The number of nitrogens with zero attached hydrogens (tertiary/aromatic N) is 1. The topological polar surface area (TPSA) is 70.9 Å². The molecule has 0 amide bonds. The van der Waals surface area contributed by atoms with Crippen molar-refractivity contribution in [3.8, 4) is 5.75 Å². The largest absolute Gasteiger partial charge is 0.493 e. The average Bonchev–Trinajstić information content (AvgIpc) is 2.50. The molecular formula is C16H15BrN2O3. The molecule has 6 heteroatoms. The fourth-order valence-electron chi connectivity index (χ4n) is 1.85. The van der Waals surface area contributed by atoms with E-state index in [1.165, 1.54) is 6.07 Å². The summed E-state index contributed by atoms with van der Waals surface area (Å²) in [5, 5.41) is 13.2. The molecule has 2 aromatic carbocycles. The molecule has 114 valence electrons. The van der Waals surface area contributed by atoms with Gasteiger partial charge in [-0.15, -0.1) is 0 Å². The number of nitrogens with one attached hydrogen (secondary N) is 1. The molecule has 2 rings (SSSR count). The summed E-state index contributed by atoms with van der Waals surface area (Å²) in [6, 6.07) is 12.2. The number of hydrogen-bond donors (Lipinski definition) is 2. The highest BCUT2D eigenvalue weighted by Crippen LogP contribution is 2.22. The van der Waals surface area contributed by atoms with Gasteiger partial charge < -0.3 is 9.84 Å². The molecule has 5 nitrogen and oxygen atoms in total. The number of aromatic carboxylic acids is 1. The first-order chi connectivity index (χ1) is 10.6. The summed E-state index contributed by atoms with van der Waals surface area (Å²) in [7, 11) is 0. The number of hydrogen-bond acceptors (Lipinski definition) is 4. The number of benzene rings is 2. The van der Waals surface area contributed by atoms with Crippen molar-refractivity contribution >= 4 is 33.8 Å². The van der Waals surface area contributed by atoms with E-state index in [9.17, 15) is 4.79 Å². The Labute approximate surface area is 136 Å². The van der Waals surface area contributed by atoms with Crippen LogP contribution in [0.3, 0.4) is 0 Å². The quantitative estimate of drug-likeness (QED) is 0.601. The van der Waals surface area contributed by atoms with Crippen LogP contribution in [0.25, 0.3) is 0 Å². The third kappa shape index (κ3) is 4.08. The van der Waals surface area contributed by atoms with Gasteiger partial charge in [-0.1, -0.05) is 28.1 Å². The van der Waals surface area contributed by atoms with Crippen molar-refractivity contribution in [3.05, 3.63) is 58.1 Å². The second-order valence-electron chi connectivity index (χ2n) is 4.34. The minimum atomic E-state index is -1.00. The molecule has 0 fully saturated rings. The van der Waals surface area contributed by atoms with Crippen LogP contribution in [0.15, 0.2) is 52.0 Å². The van der Waals surface area contributed by atoms with E-state index in [0.717, 1.165) is 10.0 Å². The second-order valence-corrected chi connectivity index (χ2v) is 5.25. The number of carbonyl (C=O) groups is 1. The molecule has 0 atom stereocenters. The third-order valence-electron chi connectivity index (χ3n) is 2.82. The highest BCUT2D eigenvalue weighted by atomic mass is 79.9. The molecular weight excluding hydrogens is 348 g/mol. The van der Waals surface area contributed by atoms with Crippen molar-refractivity contribution < 1.29 is 14.6 Å².